The van der Waals surface area contributed by atoms with Crippen LogP contribution >= 0.6 is 0 Å². The quantitative estimate of drug-likeness (QED) is 0.351. The first-order valence-electron chi connectivity index (χ1n) is 7.70. The third-order valence-corrected chi connectivity index (χ3v) is 5.95. The van der Waals surface area contributed by atoms with Crippen molar-refractivity contribution in [2.24, 2.45) is 0 Å². The first-order chi connectivity index (χ1) is 11.0. The Morgan fingerprint density at radius 1 is 1.00 bits per heavy atom. The molecule has 0 saturated carbocycles. The molecule has 0 aliphatic carbocycles. The van der Waals surface area contributed by atoms with Gasteiger partial charge in [0.25, 0.3) is 8.32 Å². The van der Waals surface area contributed by atoms with Gasteiger partial charge in [0.15, 0.2) is 0 Å². The lowest BCUT2D eigenvalue weighted by Crippen LogP contribution is -2.43. The third kappa shape index (κ3) is 4.57. The Bertz CT molecular complexity index is 664. The molecular formula is C19H22O3Si. The average molecular weight is 326 g/mol. The number of carbonyl (C=O) groups is 1. The van der Waals surface area contributed by atoms with Crippen molar-refractivity contribution in [1.82, 2.24) is 0 Å². The molecule has 2 aromatic rings. The molecule has 3 nitrogen and oxygen atoms in total. The summed E-state index contributed by atoms with van der Waals surface area (Å²) < 4.78 is 11.2. The van der Waals surface area contributed by atoms with E-state index in [0.717, 1.165) is 5.56 Å². The van der Waals surface area contributed by atoms with E-state index in [1.165, 1.54) is 5.19 Å². The summed E-state index contributed by atoms with van der Waals surface area (Å²) in [7, 11) is -2.13. The van der Waals surface area contributed by atoms with Crippen LogP contribution in [-0.4, -0.2) is 20.9 Å². The minimum Gasteiger partial charge on any atom is -0.544 e. The molecule has 0 aliphatic heterocycles. The van der Waals surface area contributed by atoms with Crippen molar-refractivity contribution in [3.63, 3.8) is 0 Å². The van der Waals surface area contributed by atoms with Gasteiger partial charge in [0.2, 0.25) is 0 Å². The van der Waals surface area contributed by atoms with E-state index in [2.05, 4.69) is 25.2 Å². The second kappa shape index (κ2) is 7.79. The van der Waals surface area contributed by atoms with Crippen molar-refractivity contribution in [1.29, 1.82) is 0 Å². The summed E-state index contributed by atoms with van der Waals surface area (Å²) in [4.78, 5) is 12.2. The highest BCUT2D eigenvalue weighted by molar-refractivity contribution is 6.84. The summed E-state index contributed by atoms with van der Waals surface area (Å²) >= 11 is 0. The van der Waals surface area contributed by atoms with Crippen LogP contribution in [-0.2, 0) is 14.0 Å². The fourth-order valence-electron chi connectivity index (χ4n) is 2.17. The lowest BCUT2D eigenvalue weighted by molar-refractivity contribution is -0.136. The van der Waals surface area contributed by atoms with E-state index in [1.54, 1.807) is 13.2 Å². The van der Waals surface area contributed by atoms with Crippen LogP contribution in [0.25, 0.3) is 5.57 Å². The predicted octanol–water partition coefficient (Wildman–Crippen LogP) is 3.72. The second-order valence-corrected chi connectivity index (χ2v) is 9.45. The van der Waals surface area contributed by atoms with Crippen LogP contribution in [0.1, 0.15) is 12.5 Å². The molecule has 0 heterocycles. The lowest BCUT2D eigenvalue weighted by Gasteiger charge is -2.22. The Kier molecular flexibility index (Phi) is 5.76. The second-order valence-electron chi connectivity index (χ2n) is 5.61. The van der Waals surface area contributed by atoms with E-state index < -0.39 is 8.32 Å². The van der Waals surface area contributed by atoms with Gasteiger partial charge in [-0.3, -0.25) is 0 Å². The van der Waals surface area contributed by atoms with E-state index in [9.17, 15) is 4.79 Å². The fraction of sp³-hybridized carbons (Fsp3) is 0.211. The number of esters is 1. The highest BCUT2D eigenvalue weighted by Gasteiger charge is 2.26. The topological polar surface area (TPSA) is 35.5 Å². The van der Waals surface area contributed by atoms with Crippen LogP contribution in [0.4, 0.5) is 0 Å². The van der Waals surface area contributed by atoms with Crippen LogP contribution < -0.4 is 5.19 Å². The largest absolute Gasteiger partial charge is 0.544 e. The first kappa shape index (κ1) is 17.0. The van der Waals surface area contributed by atoms with Crippen molar-refractivity contribution in [3.05, 3.63) is 72.5 Å². The van der Waals surface area contributed by atoms with E-state index >= 15 is 0 Å². The molecule has 0 aliphatic rings. The first-order valence-corrected chi connectivity index (χ1v) is 10.6. The van der Waals surface area contributed by atoms with Gasteiger partial charge in [0, 0.05) is 0 Å². The number of benzene rings is 2. The minimum atomic E-state index is -2.13. The molecule has 0 aromatic heterocycles. The smallest absolute Gasteiger partial charge is 0.341 e. The van der Waals surface area contributed by atoms with Gasteiger partial charge in [-0.2, -0.15) is 0 Å². The van der Waals surface area contributed by atoms with E-state index in [0.29, 0.717) is 12.2 Å². The van der Waals surface area contributed by atoms with Gasteiger partial charge in [-0.25, -0.2) is 4.79 Å². The molecule has 23 heavy (non-hydrogen) atoms. The van der Waals surface area contributed by atoms with Crippen LogP contribution in [0.2, 0.25) is 13.1 Å². The molecular weight excluding hydrogens is 304 g/mol. The molecule has 0 amide bonds. The van der Waals surface area contributed by atoms with Crippen LogP contribution in [0, 0.1) is 0 Å². The van der Waals surface area contributed by atoms with Gasteiger partial charge in [-0.05, 0) is 30.8 Å². The summed E-state index contributed by atoms with van der Waals surface area (Å²) in [5.74, 6) is -0.364. The van der Waals surface area contributed by atoms with Crippen LogP contribution in [0.3, 0.4) is 0 Å². The Morgan fingerprint density at radius 3 is 2.13 bits per heavy atom. The summed E-state index contributed by atoms with van der Waals surface area (Å²) in [6.45, 7) is 6.34. The van der Waals surface area contributed by atoms with Crippen molar-refractivity contribution in [3.8, 4) is 0 Å². The standard InChI is InChI=1S/C19H22O3Si/c1-4-21-19(20)18(16-11-7-5-8-12-16)15-22-23(2,3)17-13-9-6-10-14-17/h5-15H,4H2,1-3H3/b18-15-. The SMILES string of the molecule is CCOC(=O)/C(=C\O[Si](C)(C)c1ccccc1)c1ccccc1. The van der Waals surface area contributed by atoms with E-state index in [-0.39, 0.29) is 5.97 Å². The van der Waals surface area contributed by atoms with Gasteiger partial charge >= 0.3 is 5.97 Å². The molecule has 0 atom stereocenters. The molecule has 120 valence electrons. The third-order valence-electron chi connectivity index (χ3n) is 3.52. The predicted molar refractivity (Wildman–Crippen MR) is 95.7 cm³/mol. The van der Waals surface area contributed by atoms with E-state index in [4.69, 9.17) is 9.16 Å². The molecule has 0 radical (unpaired) electrons. The molecule has 0 N–H and O–H groups in total. The molecule has 0 fully saturated rings. The number of hydrogen-bond acceptors (Lipinski definition) is 3. The molecule has 2 aromatic carbocycles. The highest BCUT2D eigenvalue weighted by Crippen LogP contribution is 2.18. The Balaban J connectivity index is 2.29. The van der Waals surface area contributed by atoms with Gasteiger partial charge in [0.05, 0.1) is 18.4 Å². The lowest BCUT2D eigenvalue weighted by atomic mass is 10.1. The zero-order valence-corrected chi connectivity index (χ0v) is 14.8. The molecule has 0 unspecified atom stereocenters. The Labute approximate surface area is 138 Å². The molecule has 2 rings (SSSR count). The maximum Gasteiger partial charge on any atom is 0.341 e. The van der Waals surface area contributed by atoms with Crippen LogP contribution in [0.15, 0.2) is 66.9 Å². The number of rotatable bonds is 6. The summed E-state index contributed by atoms with van der Waals surface area (Å²) in [6, 6.07) is 19.6. The zero-order valence-electron chi connectivity index (χ0n) is 13.8. The molecule has 0 spiro atoms. The van der Waals surface area contributed by atoms with E-state index in [1.807, 2.05) is 48.5 Å². The van der Waals surface area contributed by atoms with Crippen molar-refractivity contribution >= 4 is 25.0 Å². The molecule has 0 saturated heterocycles. The number of hydrogen-bond donors (Lipinski definition) is 0. The highest BCUT2D eigenvalue weighted by atomic mass is 28.4. The van der Waals surface area contributed by atoms with Gasteiger partial charge in [0.1, 0.15) is 0 Å². The Morgan fingerprint density at radius 2 is 1.57 bits per heavy atom. The summed E-state index contributed by atoms with van der Waals surface area (Å²) in [5.41, 5.74) is 1.24. The normalized spacial score (nSPS) is 11.9. The van der Waals surface area contributed by atoms with Crippen molar-refractivity contribution in [2.45, 2.75) is 20.0 Å². The molecule has 4 heteroatoms. The van der Waals surface area contributed by atoms with Gasteiger partial charge in [-0.1, -0.05) is 60.7 Å². The summed E-state index contributed by atoms with van der Waals surface area (Å²) in [6.07, 6.45) is 1.56. The van der Waals surface area contributed by atoms with Crippen molar-refractivity contribution < 1.29 is 14.0 Å². The van der Waals surface area contributed by atoms with Gasteiger partial charge < -0.3 is 9.16 Å². The maximum absolute atomic E-state index is 12.2. The Hall–Kier alpha value is -2.33. The molecule has 0 bridgehead atoms. The van der Waals surface area contributed by atoms with Gasteiger partial charge in [-0.15, -0.1) is 0 Å². The average Bonchev–Trinajstić information content (AvgIpc) is 2.57. The maximum atomic E-state index is 12.2. The number of carbonyl (C=O) groups excluding carboxylic acids is 1. The van der Waals surface area contributed by atoms with Crippen molar-refractivity contribution in [2.75, 3.05) is 6.61 Å². The van der Waals surface area contributed by atoms with Crippen LogP contribution in [0.5, 0.6) is 0 Å². The monoisotopic (exact) mass is 326 g/mol. The fourth-order valence-corrected chi connectivity index (χ4v) is 3.72. The summed E-state index contributed by atoms with van der Waals surface area (Å²) in [5, 5.41) is 1.17. The number of ether oxygens (including phenoxy) is 1. The zero-order chi connectivity index (χ0) is 16.7. The minimum absolute atomic E-state index is 0.336.